The van der Waals surface area contributed by atoms with E-state index in [1.54, 1.807) is 18.0 Å². The molecule has 1 aliphatic carbocycles. The van der Waals surface area contributed by atoms with Gasteiger partial charge in [0.15, 0.2) is 0 Å². The molecule has 78 valence electrons. The van der Waals surface area contributed by atoms with Crippen LogP contribution in [0, 0.1) is 0 Å². The summed E-state index contributed by atoms with van der Waals surface area (Å²) in [6, 6.07) is 1.84. The summed E-state index contributed by atoms with van der Waals surface area (Å²) < 4.78 is 7.12. The minimum atomic E-state index is -0.561. The predicted molar refractivity (Wildman–Crippen MR) is 51.8 cm³/mol. The fraction of sp³-hybridized carbons (Fsp3) is 0.700. The summed E-state index contributed by atoms with van der Waals surface area (Å²) in [5, 5.41) is 14.2. The van der Waals surface area contributed by atoms with Crippen molar-refractivity contribution >= 4 is 0 Å². The lowest BCUT2D eigenvalue weighted by atomic mass is 9.75. The average Bonchev–Trinajstić information content (AvgIpc) is 2.50. The van der Waals surface area contributed by atoms with E-state index in [0.717, 1.165) is 25.0 Å². The molecule has 0 radical (unpaired) electrons. The first-order valence-electron chi connectivity index (χ1n) is 4.91. The number of hydrogen-bond acceptors (Lipinski definition) is 3. The van der Waals surface area contributed by atoms with Gasteiger partial charge in [0.1, 0.15) is 6.10 Å². The van der Waals surface area contributed by atoms with Gasteiger partial charge in [0.25, 0.3) is 0 Å². The first-order chi connectivity index (χ1) is 6.69. The Kier molecular flexibility index (Phi) is 2.33. The molecule has 1 saturated carbocycles. The zero-order valence-electron chi connectivity index (χ0n) is 8.60. The van der Waals surface area contributed by atoms with Gasteiger partial charge >= 0.3 is 0 Å². The second-order valence-electron chi connectivity index (χ2n) is 3.90. The smallest absolute Gasteiger partial charge is 0.124 e. The van der Waals surface area contributed by atoms with E-state index in [0.29, 0.717) is 0 Å². The minimum Gasteiger partial charge on any atom is -0.384 e. The number of ether oxygens (including phenoxy) is 1. The standard InChI is InChI=1S/C10H16N2O2/c1-12-8(4-7-11-12)9(13)10(14-2)5-3-6-10/h4,7,9,13H,3,5-6H2,1-2H3. The lowest BCUT2D eigenvalue weighted by Gasteiger charge is -2.43. The second kappa shape index (κ2) is 3.37. The molecule has 1 aromatic heterocycles. The van der Waals surface area contributed by atoms with Crippen molar-refractivity contribution in [3.63, 3.8) is 0 Å². The first-order valence-corrected chi connectivity index (χ1v) is 4.91. The fourth-order valence-corrected chi connectivity index (χ4v) is 2.04. The van der Waals surface area contributed by atoms with E-state index in [2.05, 4.69) is 5.10 Å². The summed E-state index contributed by atoms with van der Waals surface area (Å²) in [4.78, 5) is 0. The van der Waals surface area contributed by atoms with Crippen molar-refractivity contribution in [1.29, 1.82) is 0 Å². The molecule has 1 aromatic rings. The largest absolute Gasteiger partial charge is 0.384 e. The molecule has 0 aromatic carbocycles. The Balaban J connectivity index is 2.22. The fourth-order valence-electron chi connectivity index (χ4n) is 2.04. The van der Waals surface area contributed by atoms with Gasteiger partial charge in [-0.1, -0.05) is 0 Å². The molecule has 1 aliphatic rings. The summed E-state index contributed by atoms with van der Waals surface area (Å²) in [5.74, 6) is 0. The molecule has 1 N–H and O–H groups in total. The third kappa shape index (κ3) is 1.26. The Labute approximate surface area is 83.5 Å². The van der Waals surface area contributed by atoms with Crippen LogP contribution in [0.15, 0.2) is 12.3 Å². The Hall–Kier alpha value is -0.870. The molecule has 4 heteroatoms. The van der Waals surface area contributed by atoms with Gasteiger partial charge in [-0.05, 0) is 25.3 Å². The molecule has 14 heavy (non-hydrogen) atoms. The van der Waals surface area contributed by atoms with Gasteiger partial charge in [-0.2, -0.15) is 5.10 Å². The molecule has 1 atom stereocenters. The number of methoxy groups -OCH3 is 1. The van der Waals surface area contributed by atoms with Crippen LogP contribution in [-0.2, 0) is 11.8 Å². The number of hydrogen-bond donors (Lipinski definition) is 1. The molecule has 0 bridgehead atoms. The molecule has 0 amide bonds. The maximum Gasteiger partial charge on any atom is 0.124 e. The van der Waals surface area contributed by atoms with Gasteiger partial charge in [0.05, 0.1) is 11.3 Å². The molecular weight excluding hydrogens is 180 g/mol. The van der Waals surface area contributed by atoms with Crippen LogP contribution in [0.5, 0.6) is 0 Å². The monoisotopic (exact) mass is 196 g/mol. The molecule has 2 rings (SSSR count). The van der Waals surface area contributed by atoms with Crippen molar-refractivity contribution in [2.24, 2.45) is 7.05 Å². The van der Waals surface area contributed by atoms with E-state index in [1.807, 2.05) is 13.1 Å². The van der Waals surface area contributed by atoms with Gasteiger partial charge in [0.2, 0.25) is 0 Å². The van der Waals surface area contributed by atoms with Gasteiger partial charge < -0.3 is 9.84 Å². The minimum absolute atomic E-state index is 0.367. The highest BCUT2D eigenvalue weighted by molar-refractivity contribution is 5.12. The van der Waals surface area contributed by atoms with Crippen LogP contribution in [0.25, 0.3) is 0 Å². The second-order valence-corrected chi connectivity index (χ2v) is 3.90. The quantitative estimate of drug-likeness (QED) is 0.785. The highest BCUT2D eigenvalue weighted by Gasteiger charge is 2.45. The summed E-state index contributed by atoms with van der Waals surface area (Å²) in [6.45, 7) is 0. The summed E-state index contributed by atoms with van der Waals surface area (Å²) >= 11 is 0. The SMILES string of the molecule is COC1(C(O)c2ccnn2C)CCC1. The molecule has 0 spiro atoms. The van der Waals surface area contributed by atoms with Crippen LogP contribution < -0.4 is 0 Å². The Morgan fingerprint density at radius 2 is 2.36 bits per heavy atom. The topological polar surface area (TPSA) is 47.3 Å². The van der Waals surface area contributed by atoms with Crippen molar-refractivity contribution in [2.45, 2.75) is 31.0 Å². The van der Waals surface area contributed by atoms with E-state index in [-0.39, 0.29) is 5.60 Å². The van der Waals surface area contributed by atoms with Crippen LogP contribution in [0.2, 0.25) is 0 Å². The van der Waals surface area contributed by atoms with E-state index in [4.69, 9.17) is 4.74 Å². The third-order valence-corrected chi connectivity index (χ3v) is 3.24. The van der Waals surface area contributed by atoms with Crippen molar-refractivity contribution in [3.05, 3.63) is 18.0 Å². The number of aryl methyl sites for hydroxylation is 1. The molecule has 1 fully saturated rings. The number of rotatable bonds is 3. The number of aliphatic hydroxyl groups excluding tert-OH is 1. The number of aliphatic hydroxyl groups is 1. The van der Waals surface area contributed by atoms with Crippen molar-refractivity contribution in [2.75, 3.05) is 7.11 Å². The maximum atomic E-state index is 10.2. The van der Waals surface area contributed by atoms with Gasteiger partial charge in [0, 0.05) is 20.4 Å². The van der Waals surface area contributed by atoms with Crippen LogP contribution in [0.1, 0.15) is 31.1 Å². The maximum absolute atomic E-state index is 10.2. The van der Waals surface area contributed by atoms with E-state index < -0.39 is 6.10 Å². The Bertz CT molecular complexity index is 312. The molecule has 0 saturated heterocycles. The van der Waals surface area contributed by atoms with Crippen LogP contribution in [0.4, 0.5) is 0 Å². The Morgan fingerprint density at radius 1 is 1.64 bits per heavy atom. The average molecular weight is 196 g/mol. The predicted octanol–water partition coefficient (Wildman–Crippen LogP) is 1.02. The van der Waals surface area contributed by atoms with Crippen molar-refractivity contribution < 1.29 is 9.84 Å². The molecule has 1 unspecified atom stereocenters. The lowest BCUT2D eigenvalue weighted by molar-refractivity contribution is -0.154. The lowest BCUT2D eigenvalue weighted by Crippen LogP contribution is -2.45. The number of aromatic nitrogens is 2. The molecule has 1 heterocycles. The zero-order chi connectivity index (χ0) is 10.2. The van der Waals surface area contributed by atoms with Gasteiger partial charge in [-0.25, -0.2) is 0 Å². The summed E-state index contributed by atoms with van der Waals surface area (Å²) in [7, 11) is 3.50. The van der Waals surface area contributed by atoms with E-state index in [1.165, 1.54) is 0 Å². The van der Waals surface area contributed by atoms with Crippen molar-refractivity contribution in [3.8, 4) is 0 Å². The van der Waals surface area contributed by atoms with Crippen LogP contribution in [-0.4, -0.2) is 27.6 Å². The van der Waals surface area contributed by atoms with E-state index >= 15 is 0 Å². The number of nitrogens with zero attached hydrogens (tertiary/aromatic N) is 2. The first kappa shape index (κ1) is 9.68. The van der Waals surface area contributed by atoms with Crippen molar-refractivity contribution in [1.82, 2.24) is 9.78 Å². The van der Waals surface area contributed by atoms with Gasteiger partial charge in [-0.15, -0.1) is 0 Å². The van der Waals surface area contributed by atoms with E-state index in [9.17, 15) is 5.11 Å². The molecular formula is C10H16N2O2. The molecule has 4 nitrogen and oxygen atoms in total. The Morgan fingerprint density at radius 3 is 2.71 bits per heavy atom. The molecule has 0 aliphatic heterocycles. The third-order valence-electron chi connectivity index (χ3n) is 3.24. The van der Waals surface area contributed by atoms with Gasteiger partial charge in [-0.3, -0.25) is 4.68 Å². The van der Waals surface area contributed by atoms with Crippen LogP contribution >= 0.6 is 0 Å². The summed E-state index contributed by atoms with van der Waals surface area (Å²) in [6.07, 6.45) is 4.11. The normalized spacial score (nSPS) is 21.6. The van der Waals surface area contributed by atoms with Crippen LogP contribution in [0.3, 0.4) is 0 Å². The highest BCUT2D eigenvalue weighted by atomic mass is 16.5. The highest BCUT2D eigenvalue weighted by Crippen LogP contribution is 2.44. The summed E-state index contributed by atoms with van der Waals surface area (Å²) in [5.41, 5.74) is 0.458. The zero-order valence-corrected chi connectivity index (χ0v) is 8.60.